The molecule has 1 fully saturated rings. The summed E-state index contributed by atoms with van der Waals surface area (Å²) in [6.45, 7) is 0.483. The zero-order chi connectivity index (χ0) is 13.7. The molecule has 0 unspecified atom stereocenters. The Balaban J connectivity index is 1.84. The van der Waals surface area contributed by atoms with Crippen molar-refractivity contribution in [1.29, 1.82) is 5.26 Å². The number of carbonyl (C=O) groups excluding carboxylic acids is 1. The Morgan fingerprint density at radius 1 is 1.37 bits per heavy atom. The number of hydrogen-bond acceptors (Lipinski definition) is 3. The third-order valence-corrected chi connectivity index (χ3v) is 3.67. The van der Waals surface area contributed by atoms with Crippen molar-refractivity contribution in [1.82, 2.24) is 5.32 Å². The van der Waals surface area contributed by atoms with E-state index in [1.165, 1.54) is 0 Å². The van der Waals surface area contributed by atoms with Gasteiger partial charge in [0.1, 0.15) is 0 Å². The van der Waals surface area contributed by atoms with Crippen LogP contribution in [-0.2, 0) is 11.3 Å². The van der Waals surface area contributed by atoms with Crippen molar-refractivity contribution >= 4 is 5.91 Å². The lowest BCUT2D eigenvalue weighted by Crippen LogP contribution is -2.35. The fourth-order valence-electron chi connectivity index (χ4n) is 2.47. The molecule has 0 radical (unpaired) electrons. The SMILES string of the molecule is N#Cc1cccc(CNC(=O)C2CCC(N)CC2)c1. The Hall–Kier alpha value is -1.86. The van der Waals surface area contributed by atoms with Crippen molar-refractivity contribution in [3.05, 3.63) is 35.4 Å². The van der Waals surface area contributed by atoms with Crippen LogP contribution < -0.4 is 11.1 Å². The van der Waals surface area contributed by atoms with Crippen LogP contribution in [0.15, 0.2) is 24.3 Å². The van der Waals surface area contributed by atoms with Crippen molar-refractivity contribution in [3.8, 4) is 6.07 Å². The second kappa shape index (κ2) is 6.35. The maximum Gasteiger partial charge on any atom is 0.223 e. The van der Waals surface area contributed by atoms with Gasteiger partial charge in [-0.05, 0) is 43.4 Å². The lowest BCUT2D eigenvalue weighted by molar-refractivity contribution is -0.126. The van der Waals surface area contributed by atoms with E-state index in [-0.39, 0.29) is 17.9 Å². The standard InChI is InChI=1S/C15H19N3O/c16-9-11-2-1-3-12(8-11)10-18-15(19)13-4-6-14(17)7-5-13/h1-3,8,13-14H,4-7,10,17H2,(H,18,19). The number of rotatable bonds is 3. The monoisotopic (exact) mass is 257 g/mol. The largest absolute Gasteiger partial charge is 0.352 e. The Labute approximate surface area is 113 Å². The first kappa shape index (κ1) is 13.6. The van der Waals surface area contributed by atoms with Gasteiger partial charge >= 0.3 is 0 Å². The number of carbonyl (C=O) groups is 1. The summed E-state index contributed by atoms with van der Waals surface area (Å²) in [6.07, 6.45) is 3.63. The molecule has 100 valence electrons. The average Bonchev–Trinajstić information content (AvgIpc) is 2.46. The fourth-order valence-corrected chi connectivity index (χ4v) is 2.47. The highest BCUT2D eigenvalue weighted by Crippen LogP contribution is 2.23. The van der Waals surface area contributed by atoms with Crippen LogP contribution in [0.2, 0.25) is 0 Å². The minimum Gasteiger partial charge on any atom is -0.352 e. The number of nitrogens with zero attached hydrogens (tertiary/aromatic N) is 1. The van der Waals surface area contributed by atoms with Gasteiger partial charge in [0, 0.05) is 18.5 Å². The number of benzene rings is 1. The molecular weight excluding hydrogens is 238 g/mol. The van der Waals surface area contributed by atoms with E-state index in [0.29, 0.717) is 12.1 Å². The number of nitriles is 1. The van der Waals surface area contributed by atoms with Gasteiger partial charge < -0.3 is 11.1 Å². The van der Waals surface area contributed by atoms with Gasteiger partial charge in [0.25, 0.3) is 0 Å². The van der Waals surface area contributed by atoms with Gasteiger partial charge in [-0.25, -0.2) is 0 Å². The van der Waals surface area contributed by atoms with Gasteiger partial charge in [-0.3, -0.25) is 4.79 Å². The normalized spacial score (nSPS) is 22.5. The van der Waals surface area contributed by atoms with Gasteiger partial charge in [-0.1, -0.05) is 12.1 Å². The summed E-state index contributed by atoms with van der Waals surface area (Å²) in [5.41, 5.74) is 7.41. The summed E-state index contributed by atoms with van der Waals surface area (Å²) >= 11 is 0. The maximum absolute atomic E-state index is 12.0. The smallest absolute Gasteiger partial charge is 0.223 e. The first-order chi connectivity index (χ1) is 9.19. The van der Waals surface area contributed by atoms with E-state index in [2.05, 4.69) is 11.4 Å². The molecule has 1 saturated carbocycles. The Morgan fingerprint density at radius 3 is 2.79 bits per heavy atom. The van der Waals surface area contributed by atoms with E-state index in [1.54, 1.807) is 12.1 Å². The van der Waals surface area contributed by atoms with Crippen LogP contribution in [-0.4, -0.2) is 11.9 Å². The minimum atomic E-state index is 0.0962. The molecule has 4 heteroatoms. The number of nitrogens with two attached hydrogens (primary N) is 1. The molecule has 2 rings (SSSR count). The summed E-state index contributed by atoms with van der Waals surface area (Å²) in [6, 6.07) is 9.67. The highest BCUT2D eigenvalue weighted by molar-refractivity contribution is 5.78. The van der Waals surface area contributed by atoms with Crippen molar-refractivity contribution in [2.45, 2.75) is 38.3 Å². The van der Waals surface area contributed by atoms with Crippen molar-refractivity contribution < 1.29 is 4.79 Å². The quantitative estimate of drug-likeness (QED) is 0.864. The number of amides is 1. The van der Waals surface area contributed by atoms with Gasteiger partial charge in [0.15, 0.2) is 0 Å². The second-order valence-corrected chi connectivity index (χ2v) is 5.14. The zero-order valence-corrected chi connectivity index (χ0v) is 10.9. The van der Waals surface area contributed by atoms with Crippen LogP contribution >= 0.6 is 0 Å². The first-order valence-corrected chi connectivity index (χ1v) is 6.71. The summed E-state index contributed by atoms with van der Waals surface area (Å²) in [5, 5.41) is 11.8. The number of hydrogen-bond donors (Lipinski definition) is 2. The molecule has 1 aliphatic carbocycles. The molecule has 4 nitrogen and oxygen atoms in total. The molecule has 1 aromatic carbocycles. The predicted molar refractivity (Wildman–Crippen MR) is 72.9 cm³/mol. The van der Waals surface area contributed by atoms with Crippen molar-refractivity contribution in [3.63, 3.8) is 0 Å². The van der Waals surface area contributed by atoms with E-state index in [0.717, 1.165) is 31.2 Å². The lowest BCUT2D eigenvalue weighted by atomic mass is 9.86. The molecule has 0 spiro atoms. The Kier molecular flexibility index (Phi) is 4.53. The van der Waals surface area contributed by atoms with Crippen LogP contribution in [0, 0.1) is 17.2 Å². The Morgan fingerprint density at radius 2 is 2.11 bits per heavy atom. The predicted octanol–water partition coefficient (Wildman–Crippen LogP) is 1.69. The summed E-state index contributed by atoms with van der Waals surface area (Å²) in [7, 11) is 0. The summed E-state index contributed by atoms with van der Waals surface area (Å²) < 4.78 is 0. The minimum absolute atomic E-state index is 0.0962. The fraction of sp³-hybridized carbons (Fsp3) is 0.467. The third kappa shape index (κ3) is 3.80. The van der Waals surface area contributed by atoms with E-state index < -0.39 is 0 Å². The first-order valence-electron chi connectivity index (χ1n) is 6.71. The van der Waals surface area contributed by atoms with Gasteiger partial charge in [0.05, 0.1) is 11.6 Å². The third-order valence-electron chi connectivity index (χ3n) is 3.67. The van der Waals surface area contributed by atoms with Crippen LogP contribution in [0.1, 0.15) is 36.8 Å². The molecule has 0 heterocycles. The molecule has 1 amide bonds. The Bertz CT molecular complexity index is 484. The van der Waals surface area contributed by atoms with E-state index >= 15 is 0 Å². The molecule has 0 bridgehead atoms. The number of nitrogens with one attached hydrogen (secondary N) is 1. The topological polar surface area (TPSA) is 78.9 Å². The maximum atomic E-state index is 12.0. The molecular formula is C15H19N3O. The van der Waals surface area contributed by atoms with E-state index in [4.69, 9.17) is 11.0 Å². The molecule has 0 atom stereocenters. The van der Waals surface area contributed by atoms with Crippen molar-refractivity contribution in [2.24, 2.45) is 11.7 Å². The van der Waals surface area contributed by atoms with E-state index in [9.17, 15) is 4.79 Å². The van der Waals surface area contributed by atoms with Gasteiger partial charge in [-0.15, -0.1) is 0 Å². The summed E-state index contributed by atoms with van der Waals surface area (Å²) in [5.74, 6) is 0.202. The summed E-state index contributed by atoms with van der Waals surface area (Å²) in [4.78, 5) is 12.0. The molecule has 19 heavy (non-hydrogen) atoms. The van der Waals surface area contributed by atoms with Gasteiger partial charge in [-0.2, -0.15) is 5.26 Å². The zero-order valence-electron chi connectivity index (χ0n) is 10.9. The van der Waals surface area contributed by atoms with Crippen LogP contribution in [0.25, 0.3) is 0 Å². The highest BCUT2D eigenvalue weighted by atomic mass is 16.1. The molecule has 3 N–H and O–H groups in total. The highest BCUT2D eigenvalue weighted by Gasteiger charge is 2.24. The molecule has 0 aliphatic heterocycles. The second-order valence-electron chi connectivity index (χ2n) is 5.14. The lowest BCUT2D eigenvalue weighted by Gasteiger charge is -2.25. The molecule has 1 aromatic rings. The van der Waals surface area contributed by atoms with E-state index in [1.807, 2.05) is 12.1 Å². The van der Waals surface area contributed by atoms with Crippen molar-refractivity contribution in [2.75, 3.05) is 0 Å². The van der Waals surface area contributed by atoms with Gasteiger partial charge in [0.2, 0.25) is 5.91 Å². The average molecular weight is 257 g/mol. The van der Waals surface area contributed by atoms with Crippen LogP contribution in [0.5, 0.6) is 0 Å². The molecule has 0 aromatic heterocycles. The molecule has 1 aliphatic rings. The van der Waals surface area contributed by atoms with Crippen LogP contribution in [0.4, 0.5) is 0 Å². The van der Waals surface area contributed by atoms with Crippen LogP contribution in [0.3, 0.4) is 0 Å². The molecule has 0 saturated heterocycles.